The number of aryl methyl sites for hydroxylation is 1. The lowest BCUT2D eigenvalue weighted by Crippen LogP contribution is -2.47. The molecule has 0 amide bonds. The Hall–Kier alpha value is -1.55. The summed E-state index contributed by atoms with van der Waals surface area (Å²) in [6, 6.07) is 4.64. The zero-order valence-corrected chi connectivity index (χ0v) is 10.7. The SMILES string of the molecule is COc1cccc(C)c1C(C)(C)C(N)C(=O)O. The fourth-order valence-corrected chi connectivity index (χ4v) is 2.10. The van der Waals surface area contributed by atoms with E-state index in [1.165, 1.54) is 0 Å². The lowest BCUT2D eigenvalue weighted by Gasteiger charge is -2.32. The highest BCUT2D eigenvalue weighted by Gasteiger charge is 2.36. The third-order valence-electron chi connectivity index (χ3n) is 3.14. The van der Waals surface area contributed by atoms with E-state index in [1.54, 1.807) is 7.11 Å². The van der Waals surface area contributed by atoms with Crippen molar-refractivity contribution in [3.63, 3.8) is 0 Å². The van der Waals surface area contributed by atoms with Gasteiger partial charge in [0.2, 0.25) is 0 Å². The Bertz CT molecular complexity index is 427. The van der Waals surface area contributed by atoms with Crippen LogP contribution in [0.4, 0.5) is 0 Å². The molecule has 0 bridgehead atoms. The lowest BCUT2D eigenvalue weighted by molar-refractivity contribution is -0.140. The first kappa shape index (κ1) is 13.5. The van der Waals surface area contributed by atoms with Gasteiger partial charge in [0.25, 0.3) is 0 Å². The van der Waals surface area contributed by atoms with Gasteiger partial charge in [-0.3, -0.25) is 4.79 Å². The largest absolute Gasteiger partial charge is 0.496 e. The molecule has 1 unspecified atom stereocenters. The highest BCUT2D eigenvalue weighted by atomic mass is 16.5. The number of carboxylic acids is 1. The first-order valence-corrected chi connectivity index (χ1v) is 5.44. The molecule has 4 heteroatoms. The smallest absolute Gasteiger partial charge is 0.321 e. The molecule has 4 nitrogen and oxygen atoms in total. The first-order valence-electron chi connectivity index (χ1n) is 5.44. The predicted octanol–water partition coefficient (Wildman–Crippen LogP) is 1.69. The number of aliphatic carboxylic acids is 1. The Morgan fingerprint density at radius 2 is 2.06 bits per heavy atom. The van der Waals surface area contributed by atoms with Gasteiger partial charge in [0.15, 0.2) is 0 Å². The van der Waals surface area contributed by atoms with Gasteiger partial charge in [-0.15, -0.1) is 0 Å². The van der Waals surface area contributed by atoms with Gasteiger partial charge in [-0.05, 0) is 18.6 Å². The Kier molecular flexibility index (Phi) is 3.78. The van der Waals surface area contributed by atoms with Crippen molar-refractivity contribution in [2.45, 2.75) is 32.2 Å². The average molecular weight is 237 g/mol. The van der Waals surface area contributed by atoms with E-state index in [1.807, 2.05) is 39.0 Å². The Morgan fingerprint density at radius 1 is 1.47 bits per heavy atom. The molecule has 1 rings (SSSR count). The van der Waals surface area contributed by atoms with Crippen molar-refractivity contribution in [3.8, 4) is 5.75 Å². The summed E-state index contributed by atoms with van der Waals surface area (Å²) in [5, 5.41) is 9.07. The number of methoxy groups -OCH3 is 1. The molecule has 0 aliphatic rings. The fraction of sp³-hybridized carbons (Fsp3) is 0.462. The number of rotatable bonds is 4. The molecule has 94 valence electrons. The second-order valence-corrected chi connectivity index (χ2v) is 4.69. The van der Waals surface area contributed by atoms with E-state index in [2.05, 4.69) is 0 Å². The summed E-state index contributed by atoms with van der Waals surface area (Å²) >= 11 is 0. The Labute approximate surface area is 101 Å². The molecule has 0 radical (unpaired) electrons. The molecule has 0 heterocycles. The van der Waals surface area contributed by atoms with Gasteiger partial charge in [0.05, 0.1) is 7.11 Å². The van der Waals surface area contributed by atoms with E-state index >= 15 is 0 Å². The van der Waals surface area contributed by atoms with Gasteiger partial charge in [0.1, 0.15) is 11.8 Å². The number of carboxylic acid groups (broad SMARTS) is 1. The van der Waals surface area contributed by atoms with Gasteiger partial charge in [0, 0.05) is 11.0 Å². The van der Waals surface area contributed by atoms with Crippen molar-refractivity contribution in [2.75, 3.05) is 7.11 Å². The van der Waals surface area contributed by atoms with E-state index < -0.39 is 17.4 Å². The molecular weight excluding hydrogens is 218 g/mol. The topological polar surface area (TPSA) is 72.5 Å². The maximum absolute atomic E-state index is 11.1. The van der Waals surface area contributed by atoms with Crippen LogP contribution in [-0.2, 0) is 10.2 Å². The van der Waals surface area contributed by atoms with Crippen LogP contribution in [0.25, 0.3) is 0 Å². The minimum absolute atomic E-state index is 0.673. The van der Waals surface area contributed by atoms with Crippen LogP contribution in [0.15, 0.2) is 18.2 Å². The predicted molar refractivity (Wildman–Crippen MR) is 66.4 cm³/mol. The van der Waals surface area contributed by atoms with Crippen molar-refractivity contribution in [1.29, 1.82) is 0 Å². The maximum Gasteiger partial charge on any atom is 0.321 e. The highest BCUT2D eigenvalue weighted by Crippen LogP contribution is 2.36. The number of carbonyl (C=O) groups is 1. The maximum atomic E-state index is 11.1. The minimum atomic E-state index is -1.01. The Balaban J connectivity index is 3.36. The van der Waals surface area contributed by atoms with Crippen molar-refractivity contribution in [3.05, 3.63) is 29.3 Å². The summed E-state index contributed by atoms with van der Waals surface area (Å²) in [5.74, 6) is -0.341. The van der Waals surface area contributed by atoms with Crippen LogP contribution in [0.1, 0.15) is 25.0 Å². The quantitative estimate of drug-likeness (QED) is 0.836. The molecule has 3 N–H and O–H groups in total. The molecule has 1 aromatic rings. The molecule has 0 saturated heterocycles. The highest BCUT2D eigenvalue weighted by molar-refractivity contribution is 5.76. The zero-order chi connectivity index (χ0) is 13.2. The molecule has 1 atom stereocenters. The standard InChI is InChI=1S/C13H19NO3/c1-8-6-5-7-9(17-4)10(8)13(2,3)11(14)12(15)16/h5-7,11H,14H2,1-4H3,(H,15,16). The van der Waals surface area contributed by atoms with Gasteiger partial charge in [-0.2, -0.15) is 0 Å². The summed E-state index contributed by atoms with van der Waals surface area (Å²) in [5.41, 5.74) is 6.89. The average Bonchev–Trinajstić information content (AvgIpc) is 2.26. The van der Waals surface area contributed by atoms with Crippen molar-refractivity contribution < 1.29 is 14.6 Å². The molecule has 0 aliphatic heterocycles. The van der Waals surface area contributed by atoms with E-state index in [0.29, 0.717) is 5.75 Å². The van der Waals surface area contributed by atoms with Crippen molar-refractivity contribution in [1.82, 2.24) is 0 Å². The van der Waals surface area contributed by atoms with Crippen LogP contribution < -0.4 is 10.5 Å². The number of hydrogen-bond donors (Lipinski definition) is 2. The molecule has 0 aromatic heterocycles. The van der Waals surface area contributed by atoms with Crippen LogP contribution in [-0.4, -0.2) is 24.2 Å². The molecule has 17 heavy (non-hydrogen) atoms. The summed E-state index contributed by atoms with van der Waals surface area (Å²) in [4.78, 5) is 11.1. The minimum Gasteiger partial charge on any atom is -0.496 e. The third kappa shape index (κ3) is 2.42. The van der Waals surface area contributed by atoms with Crippen molar-refractivity contribution in [2.24, 2.45) is 5.73 Å². The molecule has 0 fully saturated rings. The second-order valence-electron chi connectivity index (χ2n) is 4.69. The van der Waals surface area contributed by atoms with Crippen molar-refractivity contribution >= 4 is 5.97 Å². The summed E-state index contributed by atoms with van der Waals surface area (Å²) in [7, 11) is 1.57. The van der Waals surface area contributed by atoms with Gasteiger partial charge >= 0.3 is 5.97 Å². The second kappa shape index (κ2) is 4.75. The van der Waals surface area contributed by atoms with Gasteiger partial charge in [-0.1, -0.05) is 26.0 Å². The molecule has 1 aromatic carbocycles. The summed E-state index contributed by atoms with van der Waals surface area (Å²) in [6.45, 7) is 5.56. The fourth-order valence-electron chi connectivity index (χ4n) is 2.10. The van der Waals surface area contributed by atoms with Crippen LogP contribution in [0.3, 0.4) is 0 Å². The molecule has 0 saturated carbocycles. The van der Waals surface area contributed by atoms with E-state index in [-0.39, 0.29) is 0 Å². The number of ether oxygens (including phenoxy) is 1. The molecule has 0 aliphatic carbocycles. The van der Waals surface area contributed by atoms with Gasteiger partial charge in [-0.25, -0.2) is 0 Å². The van der Waals surface area contributed by atoms with E-state index in [4.69, 9.17) is 15.6 Å². The molecular formula is C13H19NO3. The lowest BCUT2D eigenvalue weighted by atomic mass is 9.75. The molecule has 0 spiro atoms. The van der Waals surface area contributed by atoms with Crippen LogP contribution in [0.5, 0.6) is 5.75 Å². The van der Waals surface area contributed by atoms with Gasteiger partial charge < -0.3 is 15.6 Å². The summed E-state index contributed by atoms with van der Waals surface area (Å²) in [6.07, 6.45) is 0. The summed E-state index contributed by atoms with van der Waals surface area (Å²) < 4.78 is 5.29. The normalized spacial score (nSPS) is 13.2. The number of nitrogens with two attached hydrogens (primary N) is 1. The zero-order valence-electron chi connectivity index (χ0n) is 10.7. The first-order chi connectivity index (χ1) is 7.82. The van der Waals surface area contributed by atoms with Crippen LogP contribution >= 0.6 is 0 Å². The Morgan fingerprint density at radius 3 is 2.53 bits per heavy atom. The van der Waals surface area contributed by atoms with Crippen LogP contribution in [0.2, 0.25) is 0 Å². The van der Waals surface area contributed by atoms with Crippen LogP contribution in [0, 0.1) is 6.92 Å². The third-order valence-corrected chi connectivity index (χ3v) is 3.14. The monoisotopic (exact) mass is 237 g/mol. The van der Waals surface area contributed by atoms with E-state index in [0.717, 1.165) is 11.1 Å². The van der Waals surface area contributed by atoms with E-state index in [9.17, 15) is 4.79 Å². The number of benzene rings is 1. The number of hydrogen-bond acceptors (Lipinski definition) is 3.